The Morgan fingerprint density at radius 1 is 1.32 bits per heavy atom. The fraction of sp³-hybridized carbons (Fsp3) is 0.308. The summed E-state index contributed by atoms with van der Waals surface area (Å²) in [5.74, 6) is 0. The van der Waals surface area contributed by atoms with Crippen LogP contribution in [-0.4, -0.2) is 58.8 Å². The predicted octanol–water partition coefficient (Wildman–Crippen LogP) is -1.79. The summed E-state index contributed by atoms with van der Waals surface area (Å²) in [4.78, 5) is 13.7. The number of hydrogen-bond acceptors (Lipinski definition) is 3. The molecule has 0 aliphatic rings. The van der Waals surface area contributed by atoms with Crippen LogP contribution in [0.1, 0.15) is 5.69 Å². The molecule has 0 saturated heterocycles. The molecule has 0 bridgehead atoms. The minimum absolute atomic E-state index is 0. The molecule has 0 aliphatic carbocycles. The maximum Gasteiger partial charge on any atom is 0.173 e. The summed E-state index contributed by atoms with van der Waals surface area (Å²) >= 11 is 0. The molecule has 0 spiro atoms. The average Bonchev–Trinajstić information content (AvgIpc) is 2.74. The zero-order chi connectivity index (χ0) is 13.1. The van der Waals surface area contributed by atoms with E-state index in [2.05, 4.69) is 27.4 Å². The van der Waals surface area contributed by atoms with Gasteiger partial charge in [-0.1, -0.05) is 0 Å². The van der Waals surface area contributed by atoms with Gasteiger partial charge in [-0.05, 0) is 6.07 Å². The summed E-state index contributed by atoms with van der Waals surface area (Å²) in [5.41, 5.74) is 2.84. The van der Waals surface area contributed by atoms with E-state index in [1.807, 2.05) is 49.9 Å². The van der Waals surface area contributed by atoms with Crippen LogP contribution in [0.4, 0.5) is 0 Å². The first kappa shape index (κ1) is 15.2. The number of halogens is 1. The third-order valence-corrected chi connectivity index (χ3v) is 2.42. The first-order valence-electron chi connectivity index (χ1n) is 5.76. The highest BCUT2D eigenvalue weighted by atomic mass is 35.5. The Morgan fingerprint density at radius 3 is 2.68 bits per heavy atom. The summed E-state index contributed by atoms with van der Waals surface area (Å²) in [6.07, 6.45) is 7.57. The number of aromatic nitrogens is 3. The largest absolute Gasteiger partial charge is 1.00 e. The lowest BCUT2D eigenvalue weighted by Crippen LogP contribution is -3.00. The summed E-state index contributed by atoms with van der Waals surface area (Å²) in [5, 5.41) is 1.03. The zero-order valence-electron chi connectivity index (χ0n) is 11.6. The summed E-state index contributed by atoms with van der Waals surface area (Å²) in [6.45, 7) is 0. The molecule has 0 aromatic carbocycles. The molecule has 0 unspecified atom stereocenters. The standard InChI is InChI=1S/C13H18N5.ClH/c1-17(2)7-10(8-18(3)4)12-11-5-6-14-13(11)16-9-15-12;/h5-9H,1-4H3,(H,14,15,16);1H/q+1;/p-1. The molecule has 0 radical (unpaired) electrons. The Kier molecular flexibility index (Phi) is 5.06. The van der Waals surface area contributed by atoms with Crippen molar-refractivity contribution in [3.05, 3.63) is 30.5 Å². The number of nitrogens with zero attached hydrogens (tertiary/aromatic N) is 4. The highest BCUT2D eigenvalue weighted by molar-refractivity contribution is 6.11. The Bertz CT molecular complexity index is 608. The summed E-state index contributed by atoms with van der Waals surface area (Å²) in [7, 11) is 8.00. The van der Waals surface area contributed by atoms with Crippen LogP contribution in [0.3, 0.4) is 0 Å². The second-order valence-electron chi connectivity index (χ2n) is 4.60. The third-order valence-electron chi connectivity index (χ3n) is 2.42. The number of fused-ring (bicyclic) bond motifs is 1. The van der Waals surface area contributed by atoms with Gasteiger partial charge in [0.25, 0.3) is 0 Å². The van der Waals surface area contributed by atoms with Crippen molar-refractivity contribution in [1.82, 2.24) is 19.9 Å². The summed E-state index contributed by atoms with van der Waals surface area (Å²) in [6, 6.07) is 2.00. The maximum absolute atomic E-state index is 4.40. The van der Waals surface area contributed by atoms with Gasteiger partial charge in [0.2, 0.25) is 0 Å². The van der Waals surface area contributed by atoms with Gasteiger partial charge in [-0.2, -0.15) is 0 Å². The van der Waals surface area contributed by atoms with E-state index in [4.69, 9.17) is 0 Å². The van der Waals surface area contributed by atoms with Crippen LogP contribution in [-0.2, 0) is 0 Å². The lowest BCUT2D eigenvalue weighted by molar-refractivity contribution is -0.458. The average molecular weight is 280 g/mol. The van der Waals surface area contributed by atoms with Gasteiger partial charge in [0.1, 0.15) is 26.1 Å². The Hall–Kier alpha value is -1.88. The molecular weight excluding hydrogens is 262 g/mol. The molecule has 2 heterocycles. The van der Waals surface area contributed by atoms with E-state index in [9.17, 15) is 0 Å². The van der Waals surface area contributed by atoms with Crippen LogP contribution in [0.5, 0.6) is 0 Å². The van der Waals surface area contributed by atoms with Crippen molar-refractivity contribution in [3.63, 3.8) is 0 Å². The van der Waals surface area contributed by atoms with E-state index in [0.717, 1.165) is 22.3 Å². The molecule has 19 heavy (non-hydrogen) atoms. The van der Waals surface area contributed by atoms with Crippen molar-refractivity contribution in [1.29, 1.82) is 0 Å². The van der Waals surface area contributed by atoms with Crippen LogP contribution in [0, 0.1) is 0 Å². The van der Waals surface area contributed by atoms with Gasteiger partial charge < -0.3 is 22.3 Å². The van der Waals surface area contributed by atoms with E-state index < -0.39 is 0 Å². The molecule has 2 aromatic heterocycles. The predicted molar refractivity (Wildman–Crippen MR) is 73.7 cm³/mol. The number of aromatic amines is 1. The fourth-order valence-corrected chi connectivity index (χ4v) is 1.81. The second-order valence-corrected chi connectivity index (χ2v) is 4.60. The van der Waals surface area contributed by atoms with Crippen molar-refractivity contribution in [2.45, 2.75) is 0 Å². The summed E-state index contributed by atoms with van der Waals surface area (Å²) < 4.78 is 2.01. The SMILES string of the molecule is CN(C)/C=C(\C=[N+](C)C)c1ncnc2[nH]ccc12.[Cl-]. The van der Waals surface area contributed by atoms with Gasteiger partial charge in [-0.15, -0.1) is 0 Å². The van der Waals surface area contributed by atoms with Crippen molar-refractivity contribution < 1.29 is 17.0 Å². The molecule has 2 aromatic rings. The molecule has 2 rings (SSSR count). The van der Waals surface area contributed by atoms with Crippen LogP contribution < -0.4 is 12.4 Å². The van der Waals surface area contributed by atoms with Crippen molar-refractivity contribution in [2.24, 2.45) is 0 Å². The van der Waals surface area contributed by atoms with E-state index in [1.54, 1.807) is 6.33 Å². The number of allylic oxidation sites excluding steroid dienone is 1. The molecule has 0 amide bonds. The van der Waals surface area contributed by atoms with Gasteiger partial charge in [0.15, 0.2) is 6.21 Å². The lowest BCUT2D eigenvalue weighted by Gasteiger charge is -2.07. The first-order chi connectivity index (χ1) is 8.58. The van der Waals surface area contributed by atoms with Crippen LogP contribution in [0.2, 0.25) is 0 Å². The number of nitrogens with one attached hydrogen (secondary N) is 1. The van der Waals surface area contributed by atoms with E-state index >= 15 is 0 Å². The number of hydrogen-bond donors (Lipinski definition) is 1. The minimum atomic E-state index is 0. The Balaban J connectivity index is 0.00000180. The molecule has 1 N–H and O–H groups in total. The molecule has 0 fully saturated rings. The fourth-order valence-electron chi connectivity index (χ4n) is 1.81. The Morgan fingerprint density at radius 2 is 2.05 bits per heavy atom. The zero-order valence-corrected chi connectivity index (χ0v) is 12.3. The monoisotopic (exact) mass is 279 g/mol. The maximum atomic E-state index is 4.40. The molecular formula is C13H18ClN5. The molecule has 5 nitrogen and oxygen atoms in total. The van der Waals surface area contributed by atoms with Crippen LogP contribution >= 0.6 is 0 Å². The highest BCUT2D eigenvalue weighted by Crippen LogP contribution is 2.19. The van der Waals surface area contributed by atoms with E-state index in [1.165, 1.54) is 0 Å². The Labute approximate surface area is 119 Å². The molecule has 0 aliphatic heterocycles. The normalized spacial score (nSPS) is 11.1. The van der Waals surface area contributed by atoms with Gasteiger partial charge in [-0.25, -0.2) is 14.5 Å². The topological polar surface area (TPSA) is 47.8 Å². The minimum Gasteiger partial charge on any atom is -1.00 e. The van der Waals surface area contributed by atoms with Crippen molar-refractivity contribution in [3.8, 4) is 0 Å². The van der Waals surface area contributed by atoms with Gasteiger partial charge in [0.05, 0.1) is 11.3 Å². The van der Waals surface area contributed by atoms with Gasteiger partial charge in [-0.3, -0.25) is 0 Å². The lowest BCUT2D eigenvalue weighted by atomic mass is 10.1. The van der Waals surface area contributed by atoms with E-state index in [0.29, 0.717) is 0 Å². The van der Waals surface area contributed by atoms with Gasteiger partial charge >= 0.3 is 0 Å². The molecule has 6 heteroatoms. The third kappa shape index (κ3) is 3.54. The number of rotatable bonds is 3. The van der Waals surface area contributed by atoms with E-state index in [-0.39, 0.29) is 12.4 Å². The first-order valence-corrected chi connectivity index (χ1v) is 5.76. The second kappa shape index (κ2) is 6.33. The van der Waals surface area contributed by atoms with Crippen molar-refractivity contribution in [2.75, 3.05) is 28.2 Å². The highest BCUT2D eigenvalue weighted by Gasteiger charge is 2.11. The molecule has 0 atom stereocenters. The molecule has 0 saturated carbocycles. The number of H-pyrrole nitrogens is 1. The van der Waals surface area contributed by atoms with Crippen LogP contribution in [0.25, 0.3) is 16.6 Å². The smallest absolute Gasteiger partial charge is 0.173 e. The van der Waals surface area contributed by atoms with Gasteiger partial charge in [0, 0.05) is 31.9 Å². The molecule has 102 valence electrons. The van der Waals surface area contributed by atoms with Crippen molar-refractivity contribution >= 4 is 22.8 Å². The van der Waals surface area contributed by atoms with Crippen LogP contribution in [0.15, 0.2) is 24.8 Å². The quantitative estimate of drug-likeness (QED) is 0.533.